The molecular weight excluding hydrogens is 262 g/mol. The van der Waals surface area contributed by atoms with Crippen LogP contribution in [0.15, 0.2) is 18.5 Å². The van der Waals surface area contributed by atoms with E-state index in [-0.39, 0.29) is 5.95 Å². The van der Waals surface area contributed by atoms with E-state index in [1.807, 2.05) is 0 Å². The van der Waals surface area contributed by atoms with Crippen molar-refractivity contribution in [2.45, 2.75) is 25.7 Å². The van der Waals surface area contributed by atoms with Crippen LogP contribution in [0.3, 0.4) is 0 Å². The van der Waals surface area contributed by atoms with Gasteiger partial charge in [0.25, 0.3) is 0 Å². The molecule has 1 saturated heterocycles. The minimum Gasteiger partial charge on any atom is -0.375 e. The van der Waals surface area contributed by atoms with Crippen LogP contribution in [-0.2, 0) is 0 Å². The first-order valence-corrected chi connectivity index (χ1v) is 6.99. The third kappa shape index (κ3) is 3.99. The Kier molecular flexibility index (Phi) is 4.85. The van der Waals surface area contributed by atoms with Crippen LogP contribution in [0.4, 0.5) is 11.8 Å². The summed E-state index contributed by atoms with van der Waals surface area (Å²) in [6, 6.07) is 0. The van der Waals surface area contributed by atoms with Gasteiger partial charge in [0.1, 0.15) is 10.8 Å². The van der Waals surface area contributed by atoms with Crippen molar-refractivity contribution in [2.24, 2.45) is 0 Å². The molecule has 0 aromatic carbocycles. The number of likely N-dealkylation sites (tertiary alicyclic amines) is 1. The van der Waals surface area contributed by atoms with E-state index in [4.69, 9.17) is 17.3 Å². The number of rotatable bonds is 5. The molecule has 5 nitrogen and oxygen atoms in total. The average molecular weight is 282 g/mol. The van der Waals surface area contributed by atoms with E-state index < -0.39 is 0 Å². The van der Waals surface area contributed by atoms with Crippen molar-refractivity contribution in [3.63, 3.8) is 0 Å². The number of halogens is 1. The normalized spacial score (nSPS) is 15.6. The van der Waals surface area contributed by atoms with Gasteiger partial charge in [0, 0.05) is 25.3 Å². The average Bonchev–Trinajstić information content (AvgIpc) is 2.40. The fraction of sp³-hybridized carbons (Fsp3) is 0.538. The summed E-state index contributed by atoms with van der Waals surface area (Å²) >= 11 is 5.98. The van der Waals surface area contributed by atoms with Crippen LogP contribution in [0.1, 0.15) is 25.7 Å². The third-order valence-electron chi connectivity index (χ3n) is 3.25. The highest BCUT2D eigenvalue weighted by molar-refractivity contribution is 6.32. The number of nitrogens with two attached hydrogens (primary N) is 1. The van der Waals surface area contributed by atoms with Crippen LogP contribution in [-0.4, -0.2) is 34.5 Å². The van der Waals surface area contributed by atoms with Gasteiger partial charge in [0.2, 0.25) is 5.95 Å². The molecule has 2 rings (SSSR count). The summed E-state index contributed by atoms with van der Waals surface area (Å²) in [5.41, 5.74) is 6.79. The number of nitrogens with zero attached hydrogens (tertiary/aromatic N) is 3. The lowest BCUT2D eigenvalue weighted by Crippen LogP contribution is -2.29. The van der Waals surface area contributed by atoms with E-state index in [2.05, 4.69) is 26.8 Å². The van der Waals surface area contributed by atoms with Gasteiger partial charge in [-0.15, -0.1) is 0 Å². The Bertz CT molecular complexity index is 449. The predicted molar refractivity (Wildman–Crippen MR) is 79.1 cm³/mol. The molecule has 0 amide bonds. The van der Waals surface area contributed by atoms with Crippen LogP contribution in [0.5, 0.6) is 0 Å². The van der Waals surface area contributed by atoms with Crippen molar-refractivity contribution in [1.82, 2.24) is 14.9 Å². The zero-order chi connectivity index (χ0) is 13.7. The number of allylic oxidation sites excluding steroid dienone is 1. The van der Waals surface area contributed by atoms with Crippen LogP contribution in [0, 0.1) is 0 Å². The molecule has 104 valence electrons. The van der Waals surface area contributed by atoms with E-state index in [0.29, 0.717) is 10.8 Å². The van der Waals surface area contributed by atoms with Gasteiger partial charge in [0.05, 0.1) is 6.20 Å². The Morgan fingerprint density at radius 1 is 1.47 bits per heavy atom. The monoisotopic (exact) mass is 281 g/mol. The first-order chi connectivity index (χ1) is 9.16. The molecule has 0 saturated carbocycles. The summed E-state index contributed by atoms with van der Waals surface area (Å²) < 4.78 is 0. The Labute approximate surface area is 118 Å². The van der Waals surface area contributed by atoms with Gasteiger partial charge in [-0.3, -0.25) is 0 Å². The third-order valence-corrected chi connectivity index (χ3v) is 3.53. The molecule has 6 heteroatoms. The largest absolute Gasteiger partial charge is 0.375 e. The first-order valence-electron chi connectivity index (χ1n) is 6.61. The molecule has 0 spiro atoms. The first kappa shape index (κ1) is 13.9. The summed E-state index contributed by atoms with van der Waals surface area (Å²) in [7, 11) is 0. The van der Waals surface area contributed by atoms with Gasteiger partial charge in [0.15, 0.2) is 0 Å². The molecule has 1 aromatic rings. The second kappa shape index (κ2) is 6.61. The van der Waals surface area contributed by atoms with Gasteiger partial charge in [-0.25, -0.2) is 4.98 Å². The fourth-order valence-electron chi connectivity index (χ4n) is 2.20. The van der Waals surface area contributed by atoms with Crippen molar-refractivity contribution in [3.05, 3.63) is 23.5 Å². The summed E-state index contributed by atoms with van der Waals surface area (Å²) in [5.74, 6) is 0.836. The smallest absolute Gasteiger partial charge is 0.222 e. The Hall–Kier alpha value is -1.49. The summed E-state index contributed by atoms with van der Waals surface area (Å²) in [6.07, 6.45) is 6.18. The van der Waals surface area contributed by atoms with E-state index in [9.17, 15) is 0 Å². The van der Waals surface area contributed by atoms with Gasteiger partial charge in [-0.05, 0) is 25.7 Å². The zero-order valence-electron chi connectivity index (χ0n) is 11.0. The number of nitrogens with one attached hydrogen (secondary N) is 1. The van der Waals surface area contributed by atoms with Crippen LogP contribution in [0.2, 0.25) is 5.02 Å². The number of piperidine rings is 1. The van der Waals surface area contributed by atoms with Crippen LogP contribution < -0.4 is 11.1 Å². The molecule has 0 bridgehead atoms. The second-order valence-electron chi connectivity index (χ2n) is 4.72. The topological polar surface area (TPSA) is 67.1 Å². The summed E-state index contributed by atoms with van der Waals surface area (Å²) in [4.78, 5) is 10.3. The van der Waals surface area contributed by atoms with Gasteiger partial charge >= 0.3 is 0 Å². The zero-order valence-corrected chi connectivity index (χ0v) is 11.8. The minimum absolute atomic E-state index is 0.233. The standard InChI is InChI=1S/C13H20ClN5/c1-10-5-2-3-7-19(10)8-4-6-16-12-11(14)9-17-13(15)18-12/h9H,1-8H2,(H3,15,16,17,18). The van der Waals surface area contributed by atoms with Crippen molar-refractivity contribution in [1.29, 1.82) is 0 Å². The molecule has 0 atom stereocenters. The van der Waals surface area contributed by atoms with Crippen LogP contribution >= 0.6 is 11.6 Å². The van der Waals surface area contributed by atoms with E-state index in [1.165, 1.54) is 24.7 Å². The molecule has 1 aromatic heterocycles. The fourth-order valence-corrected chi connectivity index (χ4v) is 2.36. The molecule has 0 aliphatic carbocycles. The lowest BCUT2D eigenvalue weighted by molar-refractivity contribution is 0.291. The summed E-state index contributed by atoms with van der Waals surface area (Å²) in [6.45, 7) is 7.05. The molecule has 1 aliphatic heterocycles. The lowest BCUT2D eigenvalue weighted by atomic mass is 10.1. The molecule has 3 N–H and O–H groups in total. The molecule has 0 radical (unpaired) electrons. The Morgan fingerprint density at radius 2 is 2.32 bits per heavy atom. The van der Waals surface area contributed by atoms with Gasteiger partial charge < -0.3 is 16.0 Å². The van der Waals surface area contributed by atoms with Crippen molar-refractivity contribution >= 4 is 23.4 Å². The number of aromatic nitrogens is 2. The van der Waals surface area contributed by atoms with Crippen LogP contribution in [0.25, 0.3) is 0 Å². The highest BCUT2D eigenvalue weighted by Crippen LogP contribution is 2.20. The van der Waals surface area contributed by atoms with Crippen molar-refractivity contribution < 1.29 is 0 Å². The highest BCUT2D eigenvalue weighted by atomic mass is 35.5. The maximum absolute atomic E-state index is 5.98. The molecular formula is C13H20ClN5. The second-order valence-corrected chi connectivity index (χ2v) is 5.12. The van der Waals surface area contributed by atoms with Gasteiger partial charge in [-0.2, -0.15) is 4.98 Å². The van der Waals surface area contributed by atoms with E-state index >= 15 is 0 Å². The maximum atomic E-state index is 5.98. The molecule has 19 heavy (non-hydrogen) atoms. The number of hydrogen-bond acceptors (Lipinski definition) is 5. The lowest BCUT2D eigenvalue weighted by Gasteiger charge is -2.30. The number of anilines is 2. The van der Waals surface area contributed by atoms with Crippen molar-refractivity contribution in [3.8, 4) is 0 Å². The number of hydrogen-bond donors (Lipinski definition) is 2. The van der Waals surface area contributed by atoms with E-state index in [1.54, 1.807) is 0 Å². The molecule has 1 aliphatic rings. The summed E-state index contributed by atoms with van der Waals surface area (Å²) in [5, 5.41) is 3.69. The number of nitrogen functional groups attached to an aromatic ring is 1. The Morgan fingerprint density at radius 3 is 3.11 bits per heavy atom. The maximum Gasteiger partial charge on any atom is 0.222 e. The molecule has 2 heterocycles. The SMILES string of the molecule is C=C1CCCCN1CCCNc1nc(N)ncc1Cl. The predicted octanol–water partition coefficient (Wildman–Crippen LogP) is 2.51. The quantitative estimate of drug-likeness (QED) is 0.812. The van der Waals surface area contributed by atoms with Crippen molar-refractivity contribution in [2.75, 3.05) is 30.7 Å². The molecule has 1 fully saturated rings. The highest BCUT2D eigenvalue weighted by Gasteiger charge is 2.12. The van der Waals surface area contributed by atoms with Gasteiger partial charge in [-0.1, -0.05) is 18.2 Å². The molecule has 0 unspecified atom stereocenters. The van der Waals surface area contributed by atoms with E-state index in [0.717, 1.165) is 32.5 Å². The minimum atomic E-state index is 0.233. The Balaban J connectivity index is 1.74.